The summed E-state index contributed by atoms with van der Waals surface area (Å²) in [6, 6.07) is 0. The van der Waals surface area contributed by atoms with Gasteiger partial charge in [0.2, 0.25) is 0 Å². The van der Waals surface area contributed by atoms with Gasteiger partial charge in [0.15, 0.2) is 12.4 Å². The summed E-state index contributed by atoms with van der Waals surface area (Å²) >= 11 is 1.99. The molecular weight excluding hydrogens is 216 g/mol. The minimum Gasteiger partial charge on any atom is -0.479 e. The second-order valence-electron chi connectivity index (χ2n) is 4.02. The molecule has 0 amide bonds. The minimum atomic E-state index is -0.920. The molecule has 5 heteroatoms. The molecule has 0 spiro atoms. The molecule has 0 radical (unpaired) electrons. The number of hydrogen-bond acceptors (Lipinski definition) is 4. The molecule has 2 aliphatic heterocycles. The summed E-state index contributed by atoms with van der Waals surface area (Å²) in [7, 11) is 0. The highest BCUT2D eigenvalue weighted by Gasteiger charge is 2.32. The fourth-order valence-corrected chi connectivity index (χ4v) is 3.17. The lowest BCUT2D eigenvalue weighted by atomic mass is 9.99. The Morgan fingerprint density at radius 1 is 1.40 bits per heavy atom. The number of thioether (sulfide) groups is 1. The zero-order valence-corrected chi connectivity index (χ0v) is 9.37. The van der Waals surface area contributed by atoms with E-state index < -0.39 is 12.1 Å². The molecule has 0 bridgehead atoms. The van der Waals surface area contributed by atoms with Gasteiger partial charge in [0.05, 0.1) is 6.61 Å². The van der Waals surface area contributed by atoms with E-state index in [2.05, 4.69) is 0 Å². The number of ether oxygens (including phenoxy) is 2. The summed E-state index contributed by atoms with van der Waals surface area (Å²) in [6.45, 7) is 0.196. The first-order valence-corrected chi connectivity index (χ1v) is 6.49. The standard InChI is InChI=1S/C10H16O4S/c11-10(12)8-6-13-9(14-8)5-7-1-3-15-4-2-7/h7-9H,1-6H2,(H,11,12). The summed E-state index contributed by atoms with van der Waals surface area (Å²) in [6.07, 6.45) is 2.20. The number of carboxylic acids is 1. The highest BCUT2D eigenvalue weighted by Crippen LogP contribution is 2.29. The maximum Gasteiger partial charge on any atom is 0.335 e. The highest BCUT2D eigenvalue weighted by molar-refractivity contribution is 7.99. The van der Waals surface area contributed by atoms with Gasteiger partial charge in [-0.2, -0.15) is 11.8 Å². The lowest BCUT2D eigenvalue weighted by Gasteiger charge is -2.23. The molecule has 2 rings (SSSR count). The molecule has 2 atom stereocenters. The van der Waals surface area contributed by atoms with Crippen molar-refractivity contribution >= 4 is 17.7 Å². The maximum absolute atomic E-state index is 10.6. The van der Waals surface area contributed by atoms with Crippen LogP contribution in [0.1, 0.15) is 19.3 Å². The first kappa shape index (κ1) is 11.2. The Kier molecular flexibility index (Phi) is 3.88. The molecule has 0 aromatic heterocycles. The molecule has 1 N–H and O–H groups in total. The molecule has 0 aromatic rings. The van der Waals surface area contributed by atoms with E-state index in [1.165, 1.54) is 24.3 Å². The Labute approximate surface area is 93.3 Å². The van der Waals surface area contributed by atoms with Gasteiger partial charge in [-0.05, 0) is 30.3 Å². The molecule has 0 aromatic carbocycles. The van der Waals surface area contributed by atoms with Gasteiger partial charge in [-0.15, -0.1) is 0 Å². The van der Waals surface area contributed by atoms with Crippen LogP contribution in [0.15, 0.2) is 0 Å². The summed E-state index contributed by atoms with van der Waals surface area (Å²) in [5.74, 6) is 2.14. The molecule has 86 valence electrons. The van der Waals surface area contributed by atoms with Crippen molar-refractivity contribution in [3.05, 3.63) is 0 Å². The fourth-order valence-electron chi connectivity index (χ4n) is 1.96. The highest BCUT2D eigenvalue weighted by atomic mass is 32.2. The Hall–Kier alpha value is -0.260. The van der Waals surface area contributed by atoms with E-state index in [0.717, 1.165) is 6.42 Å². The lowest BCUT2D eigenvalue weighted by Crippen LogP contribution is -2.24. The molecule has 2 saturated heterocycles. The van der Waals surface area contributed by atoms with E-state index in [0.29, 0.717) is 5.92 Å². The van der Waals surface area contributed by atoms with Crippen LogP contribution in [0.25, 0.3) is 0 Å². The molecule has 15 heavy (non-hydrogen) atoms. The van der Waals surface area contributed by atoms with Gasteiger partial charge in [0.25, 0.3) is 0 Å². The first-order chi connectivity index (χ1) is 7.25. The number of carbonyl (C=O) groups is 1. The average Bonchev–Trinajstić information content (AvgIpc) is 2.68. The van der Waals surface area contributed by atoms with Gasteiger partial charge in [0.1, 0.15) is 0 Å². The summed E-state index contributed by atoms with van der Waals surface area (Å²) in [5, 5.41) is 8.73. The van der Waals surface area contributed by atoms with Crippen molar-refractivity contribution in [3.8, 4) is 0 Å². The minimum absolute atomic E-state index is 0.196. The Bertz CT molecular complexity index is 227. The van der Waals surface area contributed by atoms with Crippen molar-refractivity contribution in [3.63, 3.8) is 0 Å². The molecule has 2 fully saturated rings. The van der Waals surface area contributed by atoms with Crippen LogP contribution in [-0.4, -0.2) is 41.6 Å². The predicted molar refractivity (Wildman–Crippen MR) is 56.9 cm³/mol. The van der Waals surface area contributed by atoms with Crippen molar-refractivity contribution in [2.24, 2.45) is 5.92 Å². The van der Waals surface area contributed by atoms with Crippen LogP contribution >= 0.6 is 11.8 Å². The second kappa shape index (κ2) is 5.18. The third-order valence-electron chi connectivity index (χ3n) is 2.89. The van der Waals surface area contributed by atoms with Crippen LogP contribution in [-0.2, 0) is 14.3 Å². The zero-order chi connectivity index (χ0) is 10.7. The van der Waals surface area contributed by atoms with Gasteiger partial charge in [-0.25, -0.2) is 4.79 Å². The van der Waals surface area contributed by atoms with E-state index >= 15 is 0 Å². The molecule has 2 unspecified atom stereocenters. The van der Waals surface area contributed by atoms with Crippen LogP contribution < -0.4 is 0 Å². The topological polar surface area (TPSA) is 55.8 Å². The molecule has 2 aliphatic rings. The normalized spacial score (nSPS) is 33.1. The number of carboxylic acid groups (broad SMARTS) is 1. The lowest BCUT2D eigenvalue weighted by molar-refractivity contribution is -0.151. The van der Waals surface area contributed by atoms with E-state index in [1.807, 2.05) is 11.8 Å². The molecule has 2 heterocycles. The van der Waals surface area contributed by atoms with Crippen LogP contribution in [0.3, 0.4) is 0 Å². The van der Waals surface area contributed by atoms with Crippen LogP contribution in [0, 0.1) is 5.92 Å². The number of rotatable bonds is 3. The summed E-state index contributed by atoms with van der Waals surface area (Å²) in [5.41, 5.74) is 0. The van der Waals surface area contributed by atoms with E-state index in [9.17, 15) is 4.79 Å². The first-order valence-electron chi connectivity index (χ1n) is 5.33. The summed E-state index contributed by atoms with van der Waals surface area (Å²) in [4.78, 5) is 10.6. The van der Waals surface area contributed by atoms with Crippen molar-refractivity contribution in [2.45, 2.75) is 31.7 Å². The van der Waals surface area contributed by atoms with E-state index in [-0.39, 0.29) is 12.9 Å². The van der Waals surface area contributed by atoms with Crippen molar-refractivity contribution in [1.29, 1.82) is 0 Å². The van der Waals surface area contributed by atoms with Crippen LogP contribution in [0.4, 0.5) is 0 Å². The smallest absolute Gasteiger partial charge is 0.335 e. The maximum atomic E-state index is 10.6. The molecule has 4 nitrogen and oxygen atoms in total. The fraction of sp³-hybridized carbons (Fsp3) is 0.900. The average molecular weight is 232 g/mol. The van der Waals surface area contributed by atoms with E-state index in [4.69, 9.17) is 14.6 Å². The van der Waals surface area contributed by atoms with E-state index in [1.54, 1.807) is 0 Å². The largest absolute Gasteiger partial charge is 0.479 e. The Morgan fingerprint density at radius 2 is 2.13 bits per heavy atom. The predicted octanol–water partition coefficient (Wildman–Crippen LogP) is 1.35. The van der Waals surface area contributed by atoms with Gasteiger partial charge >= 0.3 is 5.97 Å². The van der Waals surface area contributed by atoms with Crippen molar-refractivity contribution in [1.82, 2.24) is 0 Å². The van der Waals surface area contributed by atoms with Gasteiger partial charge < -0.3 is 14.6 Å². The summed E-state index contributed by atoms with van der Waals surface area (Å²) < 4.78 is 10.6. The van der Waals surface area contributed by atoms with Crippen LogP contribution in [0.2, 0.25) is 0 Å². The van der Waals surface area contributed by atoms with Crippen molar-refractivity contribution in [2.75, 3.05) is 18.1 Å². The van der Waals surface area contributed by atoms with Gasteiger partial charge in [-0.1, -0.05) is 0 Å². The Balaban J connectivity index is 1.74. The monoisotopic (exact) mass is 232 g/mol. The SMILES string of the molecule is O=C(O)C1COC(CC2CCSCC2)O1. The third-order valence-corrected chi connectivity index (χ3v) is 3.94. The van der Waals surface area contributed by atoms with Crippen molar-refractivity contribution < 1.29 is 19.4 Å². The molecule has 0 aliphatic carbocycles. The molecule has 0 saturated carbocycles. The molecular formula is C10H16O4S. The third kappa shape index (κ3) is 3.09. The Morgan fingerprint density at radius 3 is 2.73 bits per heavy atom. The van der Waals surface area contributed by atoms with Gasteiger partial charge in [0, 0.05) is 6.42 Å². The van der Waals surface area contributed by atoms with Gasteiger partial charge in [-0.3, -0.25) is 0 Å². The zero-order valence-electron chi connectivity index (χ0n) is 8.55. The number of hydrogen-bond donors (Lipinski definition) is 1. The second-order valence-corrected chi connectivity index (χ2v) is 5.24. The quantitative estimate of drug-likeness (QED) is 0.796. The number of aliphatic carboxylic acids is 1. The van der Waals surface area contributed by atoms with Crippen LogP contribution in [0.5, 0.6) is 0 Å².